The molecule has 6 heteroatoms. The van der Waals surface area contributed by atoms with Gasteiger partial charge in [-0.3, -0.25) is 14.5 Å². The van der Waals surface area contributed by atoms with Gasteiger partial charge in [-0.05, 0) is 51.4 Å². The number of carbonyl (C=O) groups excluding carboxylic acids is 1. The molecule has 1 aromatic carbocycles. The van der Waals surface area contributed by atoms with Crippen molar-refractivity contribution in [2.24, 2.45) is 0 Å². The highest BCUT2D eigenvalue weighted by Gasteiger charge is 2.27. The second-order valence-corrected chi connectivity index (χ2v) is 7.56. The van der Waals surface area contributed by atoms with Crippen LogP contribution in [-0.2, 0) is 14.3 Å². The number of rotatable bonds is 4. The van der Waals surface area contributed by atoms with E-state index in [0.29, 0.717) is 11.7 Å². The minimum atomic E-state index is -0.250. The van der Waals surface area contributed by atoms with Gasteiger partial charge in [0.05, 0.1) is 0 Å². The summed E-state index contributed by atoms with van der Waals surface area (Å²) in [5.41, 5.74) is 1.33. The van der Waals surface area contributed by atoms with E-state index in [2.05, 4.69) is 36.1 Å². The van der Waals surface area contributed by atoms with Crippen LogP contribution in [0.2, 0.25) is 0 Å². The van der Waals surface area contributed by atoms with E-state index in [9.17, 15) is 4.79 Å². The molecule has 2 saturated heterocycles. The third-order valence-electron chi connectivity index (χ3n) is 4.26. The van der Waals surface area contributed by atoms with Crippen molar-refractivity contribution in [1.29, 1.82) is 0 Å². The Morgan fingerprint density at radius 1 is 1.33 bits per heavy atom. The van der Waals surface area contributed by atoms with E-state index >= 15 is 0 Å². The molecule has 1 N–H and O–H groups in total. The molecule has 2 heterocycles. The summed E-state index contributed by atoms with van der Waals surface area (Å²) in [5.74, 6) is -0.0233. The Bertz CT molecular complexity index is 544. The number of piperidine rings is 1. The van der Waals surface area contributed by atoms with Crippen molar-refractivity contribution in [1.82, 2.24) is 4.90 Å². The molecule has 0 amide bonds. The number of cyclic esters (lactones) is 1. The highest BCUT2D eigenvalue weighted by Crippen LogP contribution is 2.31. The van der Waals surface area contributed by atoms with E-state index in [4.69, 9.17) is 14.6 Å². The predicted octanol–water partition coefficient (Wildman–Crippen LogP) is 2.96. The zero-order chi connectivity index (χ0) is 17.4. The lowest BCUT2D eigenvalue weighted by Gasteiger charge is -2.32. The van der Waals surface area contributed by atoms with E-state index in [1.807, 2.05) is 11.8 Å². The summed E-state index contributed by atoms with van der Waals surface area (Å²) in [7, 11) is 0. The lowest BCUT2D eigenvalue weighted by atomic mass is 10.1. The summed E-state index contributed by atoms with van der Waals surface area (Å²) >= 11 is 2.01. The largest absolute Gasteiger partial charge is 0.483 e. The number of ether oxygens (including phenoxy) is 1. The normalized spacial score (nSPS) is 21.7. The average molecular weight is 351 g/mol. The molecule has 2 aliphatic heterocycles. The number of thioether (sulfide) groups is 1. The molecule has 1 atom stereocenters. The molecule has 24 heavy (non-hydrogen) atoms. The maximum atomic E-state index is 11.1. The van der Waals surface area contributed by atoms with Crippen LogP contribution in [0.5, 0.6) is 0 Å². The maximum Gasteiger partial charge on any atom is 0.306 e. The third kappa shape index (κ3) is 6.17. The second kappa shape index (κ2) is 9.69. The van der Waals surface area contributed by atoms with Gasteiger partial charge in [-0.25, -0.2) is 0 Å². The first-order chi connectivity index (χ1) is 11.6. The van der Waals surface area contributed by atoms with Gasteiger partial charge in [0.1, 0.15) is 6.10 Å². The fourth-order valence-electron chi connectivity index (χ4n) is 3.09. The van der Waals surface area contributed by atoms with Crippen molar-refractivity contribution in [3.63, 3.8) is 0 Å². The van der Waals surface area contributed by atoms with Gasteiger partial charge in [-0.1, -0.05) is 17.7 Å². The van der Waals surface area contributed by atoms with Crippen molar-refractivity contribution in [2.75, 3.05) is 19.6 Å². The van der Waals surface area contributed by atoms with Crippen LogP contribution in [0.15, 0.2) is 29.2 Å². The Balaban J connectivity index is 0.000000647. The summed E-state index contributed by atoms with van der Waals surface area (Å²) < 4.78 is 5.31. The molecule has 0 aliphatic carbocycles. The van der Waals surface area contributed by atoms with E-state index in [0.717, 1.165) is 26.1 Å². The first-order valence-corrected chi connectivity index (χ1v) is 9.21. The smallest absolute Gasteiger partial charge is 0.306 e. The van der Waals surface area contributed by atoms with Crippen LogP contribution in [0.25, 0.3) is 0 Å². The molecule has 0 spiro atoms. The number of carbonyl (C=O) groups is 2. The average Bonchev–Trinajstić information content (AvgIpc) is 2.95. The number of hydrogen-bond acceptors (Lipinski definition) is 5. The topological polar surface area (TPSA) is 66.8 Å². The van der Waals surface area contributed by atoms with Crippen molar-refractivity contribution in [3.05, 3.63) is 29.8 Å². The molecule has 0 bridgehead atoms. The zero-order valence-corrected chi connectivity index (χ0v) is 14.8. The number of hydrogen-bond donors (Lipinski definition) is 1. The molecule has 2 fully saturated rings. The van der Waals surface area contributed by atoms with Gasteiger partial charge in [0.2, 0.25) is 0 Å². The molecule has 1 aromatic rings. The number of carboxylic acid groups (broad SMARTS) is 1. The summed E-state index contributed by atoms with van der Waals surface area (Å²) in [6.07, 6.45) is 4.08. The van der Waals surface area contributed by atoms with Crippen LogP contribution in [0.4, 0.5) is 0 Å². The number of aryl methyl sites for hydroxylation is 1. The quantitative estimate of drug-likeness (QED) is 0.664. The van der Waals surface area contributed by atoms with Crippen LogP contribution >= 0.6 is 11.8 Å². The SMILES string of the molecule is Cc1cccc(SC2CCN(CC3CCC(=O)O3)CC2)c1.O=CO. The summed E-state index contributed by atoms with van der Waals surface area (Å²) in [6.45, 7) is 5.07. The van der Waals surface area contributed by atoms with Gasteiger partial charge in [-0.2, -0.15) is 0 Å². The highest BCUT2D eigenvalue weighted by molar-refractivity contribution is 8.00. The number of likely N-dealkylation sites (tertiary alicyclic amines) is 1. The van der Waals surface area contributed by atoms with Gasteiger partial charge in [0, 0.05) is 23.1 Å². The summed E-state index contributed by atoms with van der Waals surface area (Å²) in [6, 6.07) is 8.77. The summed E-state index contributed by atoms with van der Waals surface area (Å²) in [5, 5.41) is 7.61. The molecule has 1 unspecified atom stereocenters. The van der Waals surface area contributed by atoms with Crippen molar-refractivity contribution < 1.29 is 19.4 Å². The molecule has 5 nitrogen and oxygen atoms in total. The monoisotopic (exact) mass is 351 g/mol. The Morgan fingerprint density at radius 3 is 2.62 bits per heavy atom. The standard InChI is InChI=1S/C17H23NO2S.CH2O2/c1-13-3-2-4-16(11-13)21-15-7-9-18(10-8-15)12-14-5-6-17(19)20-14;2-1-3/h2-4,11,14-15H,5-10,12H2,1H3;1H,(H,2,3). The fraction of sp³-hybridized carbons (Fsp3) is 0.556. The number of esters is 1. The minimum Gasteiger partial charge on any atom is -0.483 e. The maximum absolute atomic E-state index is 11.1. The van der Waals surface area contributed by atoms with Crippen LogP contribution in [0, 0.1) is 6.92 Å². The van der Waals surface area contributed by atoms with Crippen molar-refractivity contribution in [2.45, 2.75) is 48.9 Å². The third-order valence-corrected chi connectivity index (χ3v) is 5.59. The molecule has 0 radical (unpaired) electrons. The van der Waals surface area contributed by atoms with Crippen LogP contribution in [0.3, 0.4) is 0 Å². The predicted molar refractivity (Wildman–Crippen MR) is 94.3 cm³/mol. The first kappa shape index (κ1) is 18.8. The molecule has 132 valence electrons. The van der Waals surface area contributed by atoms with Crippen LogP contribution in [0.1, 0.15) is 31.2 Å². The molecular weight excluding hydrogens is 326 g/mol. The molecule has 0 saturated carbocycles. The minimum absolute atomic E-state index is 0.0233. The van der Waals surface area contributed by atoms with Crippen LogP contribution < -0.4 is 0 Å². The first-order valence-electron chi connectivity index (χ1n) is 8.33. The van der Waals surface area contributed by atoms with Gasteiger partial charge in [0.25, 0.3) is 6.47 Å². The molecule has 3 rings (SSSR count). The van der Waals surface area contributed by atoms with Gasteiger partial charge >= 0.3 is 5.97 Å². The van der Waals surface area contributed by atoms with E-state index in [-0.39, 0.29) is 18.5 Å². The Kier molecular flexibility index (Phi) is 7.59. The highest BCUT2D eigenvalue weighted by atomic mass is 32.2. The van der Waals surface area contributed by atoms with Gasteiger partial charge in [0.15, 0.2) is 0 Å². The Labute approximate surface area is 147 Å². The van der Waals surface area contributed by atoms with E-state index < -0.39 is 0 Å². The molecular formula is C18H25NO4S. The molecule has 2 aliphatic rings. The second-order valence-electron chi connectivity index (χ2n) is 6.19. The lowest BCUT2D eigenvalue weighted by Crippen LogP contribution is -2.39. The summed E-state index contributed by atoms with van der Waals surface area (Å²) in [4.78, 5) is 23.3. The Morgan fingerprint density at radius 2 is 2.04 bits per heavy atom. The van der Waals surface area contributed by atoms with Gasteiger partial charge < -0.3 is 9.84 Å². The number of nitrogens with zero attached hydrogens (tertiary/aromatic N) is 1. The van der Waals surface area contributed by atoms with E-state index in [1.54, 1.807) is 0 Å². The van der Waals surface area contributed by atoms with Crippen molar-refractivity contribution in [3.8, 4) is 0 Å². The zero-order valence-electron chi connectivity index (χ0n) is 14.0. The van der Waals surface area contributed by atoms with Gasteiger partial charge in [-0.15, -0.1) is 11.8 Å². The number of benzene rings is 1. The van der Waals surface area contributed by atoms with E-state index in [1.165, 1.54) is 23.3 Å². The Hall–Kier alpha value is -1.53. The lowest BCUT2D eigenvalue weighted by molar-refractivity contribution is -0.142. The van der Waals surface area contributed by atoms with Crippen molar-refractivity contribution >= 4 is 24.2 Å². The fourth-order valence-corrected chi connectivity index (χ4v) is 4.33. The molecule has 0 aromatic heterocycles. The van der Waals surface area contributed by atoms with Crippen LogP contribution in [-0.4, -0.2) is 53.4 Å².